The number of amides is 1. The molecular formula is C16H20ClN3O3S2. The standard InChI is InChI=1S/C16H20ClN3O3S2/c1-7-10-8-11(17)12(24-10)16(5)9-25(22)20(6)13(19-16)18-14(21)23-15(2,3)4/h1,8H,9H2,2-6H3,(H,18,19,21). The molecule has 2 rings (SSSR count). The van der Waals surface area contributed by atoms with Gasteiger partial charge < -0.3 is 4.74 Å². The average molecular weight is 402 g/mol. The summed E-state index contributed by atoms with van der Waals surface area (Å²) in [6.07, 6.45) is 4.76. The Morgan fingerprint density at radius 1 is 1.60 bits per heavy atom. The molecule has 0 saturated carbocycles. The number of carbonyl (C=O) groups excluding carboxylic acids is 1. The van der Waals surface area contributed by atoms with Crippen LogP contribution >= 0.6 is 22.9 Å². The number of thiophene rings is 1. The van der Waals surface area contributed by atoms with E-state index in [0.29, 0.717) is 14.8 Å². The van der Waals surface area contributed by atoms with Crippen molar-refractivity contribution in [1.29, 1.82) is 0 Å². The first-order valence-corrected chi connectivity index (χ1v) is 9.91. The minimum Gasteiger partial charge on any atom is -0.444 e. The molecule has 0 radical (unpaired) electrons. The summed E-state index contributed by atoms with van der Waals surface area (Å²) >= 11 is 7.62. The fourth-order valence-electron chi connectivity index (χ4n) is 2.20. The topological polar surface area (TPSA) is 71.0 Å². The van der Waals surface area contributed by atoms with E-state index in [4.69, 9.17) is 22.8 Å². The van der Waals surface area contributed by atoms with Gasteiger partial charge in [0.05, 0.1) is 20.5 Å². The van der Waals surface area contributed by atoms with Gasteiger partial charge in [0.15, 0.2) is 0 Å². The average Bonchev–Trinajstić information content (AvgIpc) is 2.84. The lowest BCUT2D eigenvalue weighted by molar-refractivity contribution is 0.0559. The van der Waals surface area contributed by atoms with E-state index in [9.17, 15) is 9.00 Å². The van der Waals surface area contributed by atoms with Crippen molar-refractivity contribution in [2.75, 3.05) is 12.8 Å². The molecule has 9 heteroatoms. The minimum absolute atomic E-state index is 0.160. The van der Waals surface area contributed by atoms with Crippen molar-refractivity contribution < 1.29 is 13.7 Å². The Hall–Kier alpha value is -1.56. The highest BCUT2D eigenvalue weighted by molar-refractivity contribution is 7.83. The Morgan fingerprint density at radius 2 is 2.24 bits per heavy atom. The van der Waals surface area contributed by atoms with Crippen LogP contribution in [-0.4, -0.2) is 39.0 Å². The number of hydrogen-bond acceptors (Lipinski definition) is 5. The zero-order valence-electron chi connectivity index (χ0n) is 14.7. The molecule has 0 aliphatic carbocycles. The van der Waals surface area contributed by atoms with Gasteiger partial charge in [0.2, 0.25) is 5.96 Å². The maximum atomic E-state index is 12.5. The van der Waals surface area contributed by atoms with Gasteiger partial charge in [-0.05, 0) is 33.8 Å². The summed E-state index contributed by atoms with van der Waals surface area (Å²) in [5, 5.41) is 3.04. The second kappa shape index (κ2) is 6.98. The van der Waals surface area contributed by atoms with Gasteiger partial charge in [-0.1, -0.05) is 17.5 Å². The van der Waals surface area contributed by atoms with Crippen molar-refractivity contribution in [3.05, 3.63) is 20.8 Å². The summed E-state index contributed by atoms with van der Waals surface area (Å²) in [7, 11) is 0.195. The number of alkyl carbamates (subject to hydrolysis) is 1. The van der Waals surface area contributed by atoms with E-state index >= 15 is 0 Å². The maximum absolute atomic E-state index is 12.5. The third-order valence-corrected chi connectivity index (χ3v) is 6.61. The first kappa shape index (κ1) is 19.8. The molecule has 1 aliphatic heterocycles. The summed E-state index contributed by atoms with van der Waals surface area (Å²) < 4.78 is 19.2. The lowest BCUT2D eigenvalue weighted by atomic mass is 10.0. The van der Waals surface area contributed by atoms with E-state index in [1.165, 1.54) is 15.6 Å². The number of rotatable bonds is 1. The van der Waals surface area contributed by atoms with Gasteiger partial charge >= 0.3 is 6.09 Å². The molecule has 25 heavy (non-hydrogen) atoms. The number of terminal acetylenes is 1. The molecule has 1 amide bonds. The predicted octanol–water partition coefficient (Wildman–Crippen LogP) is 3.09. The number of hydrogen-bond donors (Lipinski definition) is 1. The lowest BCUT2D eigenvalue weighted by Gasteiger charge is -2.34. The summed E-state index contributed by atoms with van der Waals surface area (Å²) in [5.41, 5.74) is -1.52. The van der Waals surface area contributed by atoms with E-state index in [-0.39, 0.29) is 11.7 Å². The molecule has 2 unspecified atom stereocenters. The Kier molecular flexibility index (Phi) is 5.52. The van der Waals surface area contributed by atoms with Crippen LogP contribution in [0.3, 0.4) is 0 Å². The van der Waals surface area contributed by atoms with Gasteiger partial charge in [0, 0.05) is 7.05 Å². The highest BCUT2D eigenvalue weighted by atomic mass is 35.5. The van der Waals surface area contributed by atoms with Gasteiger partial charge in [-0.15, -0.1) is 17.8 Å². The van der Waals surface area contributed by atoms with Crippen molar-refractivity contribution in [3.63, 3.8) is 0 Å². The smallest absolute Gasteiger partial charge is 0.414 e. The molecule has 1 aliphatic rings. The van der Waals surface area contributed by atoms with E-state index in [1.54, 1.807) is 33.9 Å². The largest absolute Gasteiger partial charge is 0.444 e. The molecule has 136 valence electrons. The molecule has 0 spiro atoms. The second-order valence-electron chi connectivity index (χ2n) is 6.73. The van der Waals surface area contributed by atoms with E-state index in [2.05, 4.69) is 16.2 Å². The summed E-state index contributed by atoms with van der Waals surface area (Å²) in [4.78, 5) is 18.0. The third-order valence-electron chi connectivity index (χ3n) is 3.29. The Labute approximate surface area is 159 Å². The van der Waals surface area contributed by atoms with Crippen LogP contribution in [0.2, 0.25) is 5.02 Å². The van der Waals surface area contributed by atoms with E-state index in [1.807, 2.05) is 6.92 Å². The van der Waals surface area contributed by atoms with Crippen LogP contribution in [0.4, 0.5) is 4.79 Å². The predicted molar refractivity (Wildman–Crippen MR) is 102 cm³/mol. The van der Waals surface area contributed by atoms with Crippen molar-refractivity contribution in [2.24, 2.45) is 4.99 Å². The van der Waals surface area contributed by atoms with Crippen molar-refractivity contribution >= 4 is 46.0 Å². The van der Waals surface area contributed by atoms with Crippen molar-refractivity contribution in [3.8, 4) is 12.3 Å². The van der Waals surface area contributed by atoms with E-state index in [0.717, 1.165) is 0 Å². The second-order valence-corrected chi connectivity index (χ2v) is 9.67. The highest BCUT2D eigenvalue weighted by Gasteiger charge is 2.39. The molecule has 6 nitrogen and oxygen atoms in total. The minimum atomic E-state index is -1.40. The molecular weight excluding hydrogens is 382 g/mol. The SMILES string of the molecule is C#Cc1cc(Cl)c(C2(C)CS(=O)N(C)C(NC(=O)OC(C)(C)C)=N2)s1. The van der Waals surface area contributed by atoms with Crippen LogP contribution in [0.25, 0.3) is 0 Å². The zero-order chi connectivity index (χ0) is 19.0. The van der Waals surface area contributed by atoms with Crippen LogP contribution in [0.1, 0.15) is 37.4 Å². The molecule has 0 aromatic carbocycles. The van der Waals surface area contributed by atoms with Crippen LogP contribution in [0.5, 0.6) is 0 Å². The van der Waals surface area contributed by atoms with Crippen molar-refractivity contribution in [1.82, 2.24) is 9.62 Å². The number of guanidine groups is 1. The molecule has 1 aromatic rings. The first-order valence-electron chi connectivity index (χ1n) is 7.44. The monoisotopic (exact) mass is 401 g/mol. The first-order chi connectivity index (χ1) is 11.4. The number of carbonyl (C=O) groups is 1. The zero-order valence-corrected chi connectivity index (χ0v) is 17.1. The molecule has 0 saturated heterocycles. The summed E-state index contributed by atoms with van der Waals surface area (Å²) in [5.74, 6) is 2.93. The van der Waals surface area contributed by atoms with Crippen LogP contribution in [0.15, 0.2) is 11.1 Å². The maximum Gasteiger partial charge on any atom is 0.414 e. The van der Waals surface area contributed by atoms with Crippen molar-refractivity contribution in [2.45, 2.75) is 38.8 Å². The number of aliphatic imine (C=N–C) groups is 1. The normalized spacial score (nSPS) is 23.6. The molecule has 2 atom stereocenters. The van der Waals surface area contributed by atoms with Gasteiger partial charge in [-0.2, -0.15) is 0 Å². The number of ether oxygens (including phenoxy) is 1. The fourth-order valence-corrected chi connectivity index (χ4v) is 4.89. The van der Waals surface area contributed by atoms with Gasteiger partial charge in [-0.25, -0.2) is 14.0 Å². The summed E-state index contributed by atoms with van der Waals surface area (Å²) in [6, 6.07) is 1.69. The molecule has 1 aromatic heterocycles. The van der Waals surface area contributed by atoms with Crippen LogP contribution in [-0.2, 0) is 21.3 Å². The highest BCUT2D eigenvalue weighted by Crippen LogP contribution is 2.40. The molecule has 2 heterocycles. The van der Waals surface area contributed by atoms with Gasteiger partial charge in [0.25, 0.3) is 0 Å². The lowest BCUT2D eigenvalue weighted by Crippen LogP contribution is -2.51. The van der Waals surface area contributed by atoms with Gasteiger partial charge in [-0.3, -0.25) is 9.62 Å². The quantitative estimate of drug-likeness (QED) is 0.735. The molecule has 0 fully saturated rings. The van der Waals surface area contributed by atoms with Crippen LogP contribution in [0, 0.1) is 12.3 Å². The summed E-state index contributed by atoms with van der Waals surface area (Å²) in [6.45, 7) is 7.09. The Morgan fingerprint density at radius 3 is 2.76 bits per heavy atom. The van der Waals surface area contributed by atoms with E-state index < -0.39 is 28.2 Å². The number of nitrogens with zero attached hydrogens (tertiary/aromatic N) is 2. The fraction of sp³-hybridized carbons (Fsp3) is 0.500. The molecule has 1 N–H and O–H groups in total. The van der Waals surface area contributed by atoms with Crippen LogP contribution < -0.4 is 5.32 Å². The third kappa shape index (κ3) is 4.54. The molecule has 0 bridgehead atoms. The Bertz CT molecular complexity index is 792. The number of halogens is 1. The van der Waals surface area contributed by atoms with Gasteiger partial charge in [0.1, 0.15) is 22.1 Å². The number of nitrogens with one attached hydrogen (secondary N) is 1. The Balaban J connectivity index is 2.38.